The Hall–Kier alpha value is -1.39. The van der Waals surface area contributed by atoms with Crippen molar-refractivity contribution in [2.45, 2.75) is 25.5 Å². The third-order valence-electron chi connectivity index (χ3n) is 2.42. The van der Waals surface area contributed by atoms with Crippen molar-refractivity contribution in [1.82, 2.24) is 5.32 Å². The van der Waals surface area contributed by atoms with Crippen LogP contribution >= 0.6 is 0 Å². The summed E-state index contributed by atoms with van der Waals surface area (Å²) < 4.78 is 0. The molecule has 0 fully saturated rings. The minimum Gasteiger partial charge on any atom is -0.481 e. The second-order valence-electron chi connectivity index (χ2n) is 3.74. The number of aliphatic hydroxyl groups is 1. The van der Waals surface area contributed by atoms with Crippen molar-refractivity contribution in [2.75, 3.05) is 6.54 Å². The number of rotatable bonds is 6. The van der Waals surface area contributed by atoms with Crippen LogP contribution in [0.5, 0.6) is 0 Å². The molecule has 0 radical (unpaired) electrons. The van der Waals surface area contributed by atoms with Gasteiger partial charge < -0.3 is 15.5 Å². The number of hydrogen-bond donors (Lipinski definition) is 3. The molecule has 0 aliphatic rings. The molecular weight excluding hydrogens is 206 g/mol. The number of carboxylic acid groups (broad SMARTS) is 1. The van der Waals surface area contributed by atoms with Crippen LogP contribution in [0.3, 0.4) is 0 Å². The molecule has 1 aromatic carbocycles. The van der Waals surface area contributed by atoms with E-state index in [-0.39, 0.29) is 12.5 Å². The Morgan fingerprint density at radius 2 is 2.00 bits per heavy atom. The first-order valence-electron chi connectivity index (χ1n) is 5.29. The first-order valence-corrected chi connectivity index (χ1v) is 5.29. The molecule has 2 unspecified atom stereocenters. The molecule has 1 aromatic rings. The van der Waals surface area contributed by atoms with Gasteiger partial charge >= 0.3 is 5.97 Å². The molecule has 0 aliphatic carbocycles. The van der Waals surface area contributed by atoms with Crippen molar-refractivity contribution in [3.63, 3.8) is 0 Å². The number of aliphatic carboxylic acids is 1. The van der Waals surface area contributed by atoms with Gasteiger partial charge in [-0.3, -0.25) is 4.79 Å². The minimum atomic E-state index is -0.839. The Morgan fingerprint density at radius 1 is 1.38 bits per heavy atom. The first kappa shape index (κ1) is 12.7. The van der Waals surface area contributed by atoms with Crippen LogP contribution in [-0.2, 0) is 4.79 Å². The summed E-state index contributed by atoms with van der Waals surface area (Å²) in [5, 5.41) is 21.4. The number of nitrogens with one attached hydrogen (secondary N) is 1. The zero-order chi connectivity index (χ0) is 12.0. The van der Waals surface area contributed by atoms with Gasteiger partial charge in [0.15, 0.2) is 0 Å². The Labute approximate surface area is 94.9 Å². The van der Waals surface area contributed by atoms with Crippen molar-refractivity contribution in [1.29, 1.82) is 0 Å². The van der Waals surface area contributed by atoms with E-state index in [0.29, 0.717) is 6.54 Å². The highest BCUT2D eigenvalue weighted by molar-refractivity contribution is 5.66. The van der Waals surface area contributed by atoms with Crippen LogP contribution in [0.1, 0.15) is 25.0 Å². The van der Waals surface area contributed by atoms with E-state index in [4.69, 9.17) is 5.11 Å². The van der Waals surface area contributed by atoms with Crippen molar-refractivity contribution in [3.8, 4) is 0 Å². The lowest BCUT2D eigenvalue weighted by Gasteiger charge is -2.20. The first-order chi connectivity index (χ1) is 7.61. The zero-order valence-electron chi connectivity index (χ0n) is 9.26. The van der Waals surface area contributed by atoms with Crippen LogP contribution in [0.2, 0.25) is 0 Å². The van der Waals surface area contributed by atoms with Crippen molar-refractivity contribution >= 4 is 5.97 Å². The highest BCUT2D eigenvalue weighted by Crippen LogP contribution is 2.15. The van der Waals surface area contributed by atoms with Gasteiger partial charge in [0.1, 0.15) is 0 Å². The predicted molar refractivity (Wildman–Crippen MR) is 61.1 cm³/mol. The number of carbonyl (C=O) groups is 1. The fourth-order valence-electron chi connectivity index (χ4n) is 1.46. The second kappa shape index (κ2) is 6.25. The van der Waals surface area contributed by atoms with Crippen LogP contribution in [-0.4, -0.2) is 28.8 Å². The van der Waals surface area contributed by atoms with Crippen molar-refractivity contribution in [2.24, 2.45) is 0 Å². The largest absolute Gasteiger partial charge is 0.481 e. The number of aliphatic hydroxyl groups excluding tert-OH is 1. The highest BCUT2D eigenvalue weighted by Gasteiger charge is 2.15. The van der Waals surface area contributed by atoms with Gasteiger partial charge in [-0.25, -0.2) is 0 Å². The van der Waals surface area contributed by atoms with Gasteiger partial charge in [0.25, 0.3) is 0 Å². The predicted octanol–water partition coefficient (Wildman–Crippen LogP) is 1.17. The number of benzene rings is 1. The van der Waals surface area contributed by atoms with Crippen molar-refractivity contribution in [3.05, 3.63) is 35.9 Å². The average molecular weight is 223 g/mol. The van der Waals surface area contributed by atoms with Gasteiger partial charge in [0.05, 0.1) is 12.5 Å². The van der Waals surface area contributed by atoms with Crippen LogP contribution in [0.4, 0.5) is 0 Å². The van der Waals surface area contributed by atoms with Gasteiger partial charge in [-0.05, 0) is 12.5 Å². The molecule has 3 N–H and O–H groups in total. The minimum absolute atomic E-state index is 0.0614. The molecule has 0 bridgehead atoms. The van der Waals surface area contributed by atoms with E-state index in [0.717, 1.165) is 5.56 Å². The molecule has 4 heteroatoms. The summed E-state index contributed by atoms with van der Waals surface area (Å²) in [7, 11) is 0. The molecular formula is C12H17NO3. The van der Waals surface area contributed by atoms with Crippen LogP contribution in [0.15, 0.2) is 30.3 Å². The molecule has 16 heavy (non-hydrogen) atoms. The monoisotopic (exact) mass is 223 g/mol. The molecule has 4 nitrogen and oxygen atoms in total. The van der Waals surface area contributed by atoms with Gasteiger partial charge in [0.2, 0.25) is 0 Å². The summed E-state index contributed by atoms with van der Waals surface area (Å²) in [4.78, 5) is 10.3. The standard InChI is InChI=1S/C12H17NO3/c1-9(13-8-7-11(14)15)12(16)10-5-3-2-4-6-10/h2-6,9,12-13,16H,7-8H2,1H3,(H,14,15). The third-order valence-corrected chi connectivity index (χ3v) is 2.42. The lowest BCUT2D eigenvalue weighted by Crippen LogP contribution is -2.33. The molecule has 0 saturated heterocycles. The summed E-state index contributed by atoms with van der Waals surface area (Å²) in [6, 6.07) is 9.14. The molecule has 2 atom stereocenters. The maximum Gasteiger partial charge on any atom is 0.304 e. The zero-order valence-corrected chi connectivity index (χ0v) is 9.26. The van der Waals surface area contributed by atoms with Gasteiger partial charge in [-0.1, -0.05) is 30.3 Å². The van der Waals surface area contributed by atoms with Crippen LogP contribution < -0.4 is 5.32 Å². The average Bonchev–Trinajstić information content (AvgIpc) is 2.28. The number of carboxylic acids is 1. The maximum absolute atomic E-state index is 10.3. The van der Waals surface area contributed by atoms with E-state index < -0.39 is 12.1 Å². The quantitative estimate of drug-likeness (QED) is 0.677. The molecule has 0 saturated carbocycles. The Morgan fingerprint density at radius 3 is 2.56 bits per heavy atom. The van der Waals surface area contributed by atoms with E-state index in [2.05, 4.69) is 5.32 Å². The smallest absolute Gasteiger partial charge is 0.304 e. The normalized spacial score (nSPS) is 14.4. The summed E-state index contributed by atoms with van der Waals surface area (Å²) >= 11 is 0. The van der Waals surface area contributed by atoms with Crippen LogP contribution in [0, 0.1) is 0 Å². The summed E-state index contributed by atoms with van der Waals surface area (Å²) in [6.07, 6.45) is -0.554. The molecule has 88 valence electrons. The molecule has 0 heterocycles. The Kier molecular flexibility index (Phi) is 4.95. The summed E-state index contributed by atoms with van der Waals surface area (Å²) in [5.74, 6) is -0.839. The molecule has 0 aromatic heterocycles. The van der Waals surface area contributed by atoms with Gasteiger partial charge in [0, 0.05) is 12.6 Å². The van der Waals surface area contributed by atoms with Gasteiger partial charge in [-0.15, -0.1) is 0 Å². The van der Waals surface area contributed by atoms with Gasteiger partial charge in [-0.2, -0.15) is 0 Å². The molecule has 1 rings (SSSR count). The van der Waals surface area contributed by atoms with E-state index >= 15 is 0 Å². The topological polar surface area (TPSA) is 69.6 Å². The maximum atomic E-state index is 10.3. The molecule has 0 amide bonds. The Balaban J connectivity index is 2.42. The fraction of sp³-hybridized carbons (Fsp3) is 0.417. The fourth-order valence-corrected chi connectivity index (χ4v) is 1.46. The van der Waals surface area contributed by atoms with Crippen molar-refractivity contribution < 1.29 is 15.0 Å². The summed E-state index contributed by atoms with van der Waals surface area (Å²) in [6.45, 7) is 2.19. The molecule has 0 spiro atoms. The third kappa shape index (κ3) is 4.00. The lowest BCUT2D eigenvalue weighted by atomic mass is 10.0. The lowest BCUT2D eigenvalue weighted by molar-refractivity contribution is -0.136. The van der Waals surface area contributed by atoms with E-state index in [1.165, 1.54) is 0 Å². The SMILES string of the molecule is CC(NCCC(=O)O)C(O)c1ccccc1. The van der Waals surface area contributed by atoms with E-state index in [9.17, 15) is 9.90 Å². The summed E-state index contributed by atoms with van der Waals surface area (Å²) in [5.41, 5.74) is 0.831. The van der Waals surface area contributed by atoms with Crippen LogP contribution in [0.25, 0.3) is 0 Å². The highest BCUT2D eigenvalue weighted by atomic mass is 16.4. The number of hydrogen-bond acceptors (Lipinski definition) is 3. The Bertz CT molecular complexity index is 326. The van der Waals surface area contributed by atoms with E-state index in [1.54, 1.807) is 0 Å². The molecule has 0 aliphatic heterocycles. The second-order valence-corrected chi connectivity index (χ2v) is 3.74. The van der Waals surface area contributed by atoms with E-state index in [1.807, 2.05) is 37.3 Å².